The molecule has 43 heavy (non-hydrogen) atoms. The fourth-order valence-corrected chi connectivity index (χ4v) is 8.49. The molecule has 0 bridgehead atoms. The Kier molecular flexibility index (Phi) is 9.83. The molecule has 1 N–H and O–H groups in total. The fraction of sp³-hybridized carbons (Fsp3) is 0.629. The summed E-state index contributed by atoms with van der Waals surface area (Å²) >= 11 is 1.19. The first-order valence-corrected chi connectivity index (χ1v) is 16.9. The van der Waals surface area contributed by atoms with Gasteiger partial charge >= 0.3 is 5.97 Å². The minimum Gasteiger partial charge on any atom is -0.477 e. The molecule has 232 valence electrons. The van der Waals surface area contributed by atoms with Gasteiger partial charge < -0.3 is 19.6 Å². The quantitative estimate of drug-likeness (QED) is 0.319. The molecule has 1 saturated heterocycles. The van der Waals surface area contributed by atoms with Gasteiger partial charge in [0.15, 0.2) is 0 Å². The minimum atomic E-state index is -1.000. The van der Waals surface area contributed by atoms with E-state index >= 15 is 0 Å². The molecule has 2 saturated carbocycles. The molecular formula is C35H47N3O4S. The van der Waals surface area contributed by atoms with Crippen LogP contribution in [0.25, 0.3) is 0 Å². The predicted molar refractivity (Wildman–Crippen MR) is 172 cm³/mol. The van der Waals surface area contributed by atoms with Gasteiger partial charge in [-0.25, -0.2) is 9.78 Å². The van der Waals surface area contributed by atoms with E-state index in [0.29, 0.717) is 22.4 Å². The summed E-state index contributed by atoms with van der Waals surface area (Å²) in [6.07, 6.45) is 12.1. The normalized spacial score (nSPS) is 24.1. The minimum absolute atomic E-state index is 0.0631. The van der Waals surface area contributed by atoms with Crippen molar-refractivity contribution in [1.82, 2.24) is 9.88 Å². The molecule has 7 nitrogen and oxygen atoms in total. The van der Waals surface area contributed by atoms with E-state index in [2.05, 4.69) is 21.7 Å². The van der Waals surface area contributed by atoms with Crippen LogP contribution in [0.3, 0.4) is 0 Å². The zero-order valence-corrected chi connectivity index (χ0v) is 27.0. The van der Waals surface area contributed by atoms with Crippen molar-refractivity contribution >= 4 is 28.9 Å². The Morgan fingerprint density at radius 3 is 2.51 bits per heavy atom. The largest absolute Gasteiger partial charge is 0.477 e. The van der Waals surface area contributed by atoms with Gasteiger partial charge in [0.2, 0.25) is 11.8 Å². The van der Waals surface area contributed by atoms with Crippen molar-refractivity contribution in [1.29, 1.82) is 0 Å². The smallest absolute Gasteiger partial charge is 0.348 e. The molecule has 2 aromatic rings. The van der Waals surface area contributed by atoms with E-state index in [1.165, 1.54) is 24.2 Å². The van der Waals surface area contributed by atoms with E-state index in [1.807, 2.05) is 49.9 Å². The third kappa shape index (κ3) is 7.44. The number of aromatic nitrogens is 1. The second-order valence-corrected chi connectivity index (χ2v) is 14.8. The highest BCUT2D eigenvalue weighted by Gasteiger charge is 2.50. The highest BCUT2D eigenvalue weighted by Crippen LogP contribution is 2.50. The van der Waals surface area contributed by atoms with Crippen molar-refractivity contribution in [3.63, 3.8) is 0 Å². The molecule has 1 aliphatic heterocycles. The first-order valence-electron chi connectivity index (χ1n) is 16.1. The van der Waals surface area contributed by atoms with Crippen LogP contribution in [-0.2, 0) is 4.79 Å². The summed E-state index contributed by atoms with van der Waals surface area (Å²) in [5.41, 5.74) is -0.116. The number of hydrogen-bond acceptors (Lipinski definition) is 6. The number of carboxylic acids is 1. The number of carbonyl (C=O) groups is 2. The predicted octanol–water partition coefficient (Wildman–Crippen LogP) is 7.25. The lowest BCUT2D eigenvalue weighted by molar-refractivity contribution is -0.119. The molecule has 0 aromatic carbocycles. The molecule has 0 radical (unpaired) electrons. The third-order valence-electron chi connectivity index (χ3n) is 9.46. The average Bonchev–Trinajstić information content (AvgIpc) is 3.64. The molecule has 5 rings (SSSR count). The zero-order valence-electron chi connectivity index (χ0n) is 26.2. The SMILES string of the molecule is CC(=O)N(c1cc(C#CC(C)(C)C)sc1C(=O)O)C1([C@@H]2CCC(Oc3ccccn3)C(CN3CCCC3)C2)CCCCC1. The van der Waals surface area contributed by atoms with Crippen LogP contribution in [0.4, 0.5) is 5.69 Å². The van der Waals surface area contributed by atoms with Gasteiger partial charge in [0, 0.05) is 37.1 Å². The van der Waals surface area contributed by atoms with Crippen LogP contribution in [0.2, 0.25) is 0 Å². The Hall–Kier alpha value is -2.89. The topological polar surface area (TPSA) is 83.0 Å². The van der Waals surface area contributed by atoms with E-state index in [1.54, 1.807) is 13.1 Å². The Bertz CT molecular complexity index is 1330. The Morgan fingerprint density at radius 1 is 1.14 bits per heavy atom. The standard InChI is InChI=1S/C35H47N3O4S/c1-25(39)38(29-23-28(15-18-34(2,3)4)43-32(29)33(40)41)35(16-7-5-8-17-35)27-13-14-30(42-31-12-6-9-19-36-31)26(22-27)24-37-20-10-11-21-37/h6,9,12,19,23,26-27,30H,5,7-8,10-11,13-14,16-17,20-22,24H2,1-4H3,(H,40,41)/t26?,27-,30?/m1/s1. The molecule has 3 heterocycles. The lowest BCUT2D eigenvalue weighted by Gasteiger charge is -2.54. The first kappa shape index (κ1) is 31.5. The summed E-state index contributed by atoms with van der Waals surface area (Å²) < 4.78 is 6.54. The number of hydrogen-bond donors (Lipinski definition) is 1. The van der Waals surface area contributed by atoms with E-state index < -0.39 is 11.5 Å². The number of carboxylic acid groups (broad SMARTS) is 1. The van der Waals surface area contributed by atoms with Crippen molar-refractivity contribution in [2.45, 2.75) is 104 Å². The summed E-state index contributed by atoms with van der Waals surface area (Å²) in [7, 11) is 0. The first-order chi connectivity index (χ1) is 20.6. The van der Waals surface area contributed by atoms with Gasteiger partial charge in [0.1, 0.15) is 11.0 Å². The van der Waals surface area contributed by atoms with Gasteiger partial charge in [-0.15, -0.1) is 11.3 Å². The van der Waals surface area contributed by atoms with E-state index in [0.717, 1.165) is 71.0 Å². The van der Waals surface area contributed by atoms with Crippen molar-refractivity contribution in [3.05, 3.63) is 40.2 Å². The van der Waals surface area contributed by atoms with Crippen LogP contribution in [0.5, 0.6) is 5.88 Å². The summed E-state index contributed by atoms with van der Waals surface area (Å²) in [6.45, 7) is 11.0. The van der Waals surface area contributed by atoms with Crippen molar-refractivity contribution in [3.8, 4) is 17.7 Å². The molecule has 1 amide bonds. The number of amides is 1. The van der Waals surface area contributed by atoms with Crippen LogP contribution in [0.1, 0.15) is 106 Å². The molecule has 8 heteroatoms. The van der Waals surface area contributed by atoms with Crippen LogP contribution >= 0.6 is 11.3 Å². The van der Waals surface area contributed by atoms with E-state index in [4.69, 9.17) is 4.74 Å². The highest BCUT2D eigenvalue weighted by atomic mass is 32.1. The molecule has 2 unspecified atom stereocenters. The van der Waals surface area contributed by atoms with Gasteiger partial charge in [-0.2, -0.15) is 0 Å². The molecule has 0 spiro atoms. The van der Waals surface area contributed by atoms with Gasteiger partial charge in [0.25, 0.3) is 0 Å². The molecule has 2 aromatic heterocycles. The summed E-state index contributed by atoms with van der Waals surface area (Å²) in [5, 5.41) is 10.3. The van der Waals surface area contributed by atoms with Crippen molar-refractivity contribution in [2.75, 3.05) is 24.5 Å². The van der Waals surface area contributed by atoms with Gasteiger partial charge in [0.05, 0.1) is 16.1 Å². The number of carbonyl (C=O) groups excluding carboxylic acids is 1. The number of anilines is 1. The molecule has 3 aliphatic rings. The number of nitrogens with zero attached hydrogens (tertiary/aromatic N) is 3. The highest BCUT2D eigenvalue weighted by molar-refractivity contribution is 7.15. The number of thiophene rings is 1. The van der Waals surface area contributed by atoms with Crippen LogP contribution in [-0.4, -0.2) is 58.1 Å². The number of likely N-dealkylation sites (tertiary alicyclic amines) is 1. The Morgan fingerprint density at radius 2 is 1.88 bits per heavy atom. The van der Waals surface area contributed by atoms with E-state index in [-0.39, 0.29) is 28.2 Å². The van der Waals surface area contributed by atoms with Gasteiger partial charge in [-0.05, 0) is 96.9 Å². The molecule has 3 atom stereocenters. The zero-order chi connectivity index (χ0) is 30.6. The van der Waals surface area contributed by atoms with Crippen LogP contribution < -0.4 is 9.64 Å². The fourth-order valence-electron chi connectivity index (χ4n) is 7.65. The summed E-state index contributed by atoms with van der Waals surface area (Å²) in [4.78, 5) is 36.1. The molecular weight excluding hydrogens is 558 g/mol. The number of rotatable bonds is 8. The van der Waals surface area contributed by atoms with Crippen LogP contribution in [0.15, 0.2) is 30.5 Å². The Labute approximate surface area is 261 Å². The third-order valence-corrected chi connectivity index (χ3v) is 10.5. The lowest BCUT2D eigenvalue weighted by atomic mass is 9.63. The lowest BCUT2D eigenvalue weighted by Crippen LogP contribution is -2.59. The number of pyridine rings is 1. The maximum Gasteiger partial charge on any atom is 0.348 e. The summed E-state index contributed by atoms with van der Waals surface area (Å²) in [5.74, 6) is 6.59. The van der Waals surface area contributed by atoms with Crippen LogP contribution in [0, 0.1) is 29.1 Å². The maximum absolute atomic E-state index is 13.7. The average molecular weight is 606 g/mol. The number of ether oxygens (including phenoxy) is 1. The second kappa shape index (κ2) is 13.4. The number of aromatic carboxylic acids is 1. The summed E-state index contributed by atoms with van der Waals surface area (Å²) in [6, 6.07) is 7.67. The molecule has 3 fully saturated rings. The maximum atomic E-state index is 13.7. The van der Waals surface area contributed by atoms with Crippen molar-refractivity contribution in [2.24, 2.45) is 17.3 Å². The second-order valence-electron chi connectivity index (χ2n) is 13.8. The molecule has 2 aliphatic carbocycles. The van der Waals surface area contributed by atoms with E-state index in [9.17, 15) is 14.7 Å². The monoisotopic (exact) mass is 605 g/mol. The van der Waals surface area contributed by atoms with Gasteiger partial charge in [-0.1, -0.05) is 37.2 Å². The van der Waals surface area contributed by atoms with Gasteiger partial charge in [-0.3, -0.25) is 4.79 Å². The Balaban J connectivity index is 1.51. The van der Waals surface area contributed by atoms with Crippen molar-refractivity contribution < 1.29 is 19.4 Å².